The molecule has 0 radical (unpaired) electrons. The van der Waals surface area contributed by atoms with Crippen molar-refractivity contribution < 1.29 is 25.2 Å². The fourth-order valence-corrected chi connectivity index (χ4v) is 74.5. The van der Waals surface area contributed by atoms with Crippen molar-refractivity contribution in [3.63, 3.8) is 0 Å². The van der Waals surface area contributed by atoms with Crippen molar-refractivity contribution in [2.45, 2.75) is 21.1 Å². The Kier molecular flexibility index (Phi) is 11.5. The first-order valence-electron chi connectivity index (χ1n) is 19.2. The van der Waals surface area contributed by atoms with E-state index in [-0.39, 0.29) is 7.25 Å². The van der Waals surface area contributed by atoms with Gasteiger partial charge in [0, 0.05) is 0 Å². The maximum atomic E-state index is 13.0. The summed E-state index contributed by atoms with van der Waals surface area (Å²) in [6, 6.07) is 55.8. The zero-order chi connectivity index (χ0) is 38.5. The quantitative estimate of drug-likeness (QED) is 0.0896. The SMILES string of the molecule is CC1=Cc2c(-c3ccccc3)cccc2[CH]1[Zr]([C](=CC=Cc1ccccc1)c1ccccc1)([CH]1C(C)=Cc2c(-c3ccccc3)cccc21)[In]([NH]C=O)[NH]C=O. The second-order valence-corrected chi connectivity index (χ2v) is 53.4. The van der Waals surface area contributed by atoms with E-state index in [1.54, 1.807) is 0 Å². The van der Waals surface area contributed by atoms with E-state index in [1.807, 2.05) is 6.07 Å². The molecule has 4 nitrogen and oxygen atoms in total. The van der Waals surface area contributed by atoms with Gasteiger partial charge in [0.1, 0.15) is 0 Å². The summed E-state index contributed by atoms with van der Waals surface area (Å²) in [5, 5.41) is 0. The number of carbonyl (C=O) groups is 2. The van der Waals surface area contributed by atoms with Gasteiger partial charge in [-0.1, -0.05) is 0 Å². The monoisotopic (exact) mass is 908 g/mol. The van der Waals surface area contributed by atoms with Crippen molar-refractivity contribution in [3.05, 3.63) is 214 Å². The van der Waals surface area contributed by atoms with E-state index < -0.39 is 32.8 Å². The number of amides is 2. The summed E-state index contributed by atoms with van der Waals surface area (Å²) in [5.74, 6) is 0. The maximum absolute atomic E-state index is 13.0. The predicted octanol–water partition coefficient (Wildman–Crippen LogP) is 11.0. The second kappa shape index (κ2) is 17.0. The Bertz CT molecular complexity index is 2370. The van der Waals surface area contributed by atoms with Gasteiger partial charge in [-0.15, -0.1) is 0 Å². The van der Waals surface area contributed by atoms with E-state index in [0.717, 1.165) is 23.9 Å². The molecule has 0 bridgehead atoms. The second-order valence-electron chi connectivity index (χ2n) is 14.6. The van der Waals surface area contributed by atoms with Crippen molar-refractivity contribution in [1.29, 1.82) is 0 Å². The van der Waals surface area contributed by atoms with Gasteiger partial charge in [-0.3, -0.25) is 0 Å². The molecule has 2 aliphatic carbocycles. The van der Waals surface area contributed by atoms with Crippen LogP contribution in [0.4, 0.5) is 0 Å². The van der Waals surface area contributed by atoms with Gasteiger partial charge >= 0.3 is 341 Å². The molecule has 272 valence electrons. The van der Waals surface area contributed by atoms with Gasteiger partial charge in [-0.2, -0.15) is 0 Å². The first-order chi connectivity index (χ1) is 27.6. The molecule has 2 unspecified atom stereocenters. The van der Waals surface area contributed by atoms with Crippen LogP contribution in [0, 0.1) is 0 Å². The van der Waals surface area contributed by atoms with Crippen LogP contribution in [0.5, 0.6) is 0 Å². The van der Waals surface area contributed by atoms with E-state index in [9.17, 15) is 9.59 Å². The third-order valence-electron chi connectivity index (χ3n) is 11.5. The van der Waals surface area contributed by atoms with Gasteiger partial charge in [-0.25, -0.2) is 0 Å². The molecular formula is C50H43InN2O2Zr. The topological polar surface area (TPSA) is 58.2 Å². The van der Waals surface area contributed by atoms with Crippen LogP contribution in [-0.2, 0) is 25.2 Å². The van der Waals surface area contributed by atoms with Crippen molar-refractivity contribution in [2.24, 2.45) is 0 Å². The molecule has 0 fully saturated rings. The molecule has 8 rings (SSSR count). The Labute approximate surface area is 338 Å². The van der Waals surface area contributed by atoms with Gasteiger partial charge in [0.15, 0.2) is 0 Å². The normalized spacial score (nSPS) is 16.9. The summed E-state index contributed by atoms with van der Waals surface area (Å²) in [5.41, 5.74) is 14.6. The molecular weight excluding hydrogens is 867 g/mol. The number of allylic oxidation sites excluding steroid dienone is 4. The Balaban J connectivity index is 1.49. The first kappa shape index (κ1) is 37.9. The number of hydrogen-bond donors (Lipinski definition) is 2. The van der Waals surface area contributed by atoms with Crippen molar-refractivity contribution in [1.82, 2.24) is 6.61 Å². The fraction of sp³-hybridized carbons (Fsp3) is 0.0800. The summed E-state index contributed by atoms with van der Waals surface area (Å²) >= 11 is -8.35. The van der Waals surface area contributed by atoms with Gasteiger partial charge in [0.25, 0.3) is 0 Å². The molecule has 6 aromatic rings. The van der Waals surface area contributed by atoms with Crippen LogP contribution in [0.25, 0.3) is 43.8 Å². The summed E-state index contributed by atoms with van der Waals surface area (Å²) in [6.45, 7) is 4.57. The molecule has 0 aromatic heterocycles. The summed E-state index contributed by atoms with van der Waals surface area (Å²) in [7, 11) is 0. The molecule has 0 saturated heterocycles. The van der Waals surface area contributed by atoms with Gasteiger partial charge in [-0.05, 0) is 0 Å². The van der Waals surface area contributed by atoms with E-state index in [4.69, 9.17) is 0 Å². The average Bonchev–Trinajstić information content (AvgIpc) is 3.77. The average molecular weight is 910 g/mol. The van der Waals surface area contributed by atoms with Crippen LogP contribution in [0.1, 0.15) is 54.5 Å². The molecule has 0 heterocycles. The number of benzene rings is 6. The molecule has 6 heteroatoms. The molecule has 0 spiro atoms. The molecule has 0 saturated carbocycles. The van der Waals surface area contributed by atoms with Crippen LogP contribution in [-0.4, -0.2) is 30.1 Å². The van der Waals surface area contributed by atoms with Crippen molar-refractivity contribution in [2.75, 3.05) is 0 Å². The standard InChI is InChI=1S/3C16H13.2CH3NO.In.Zr/c2*1-12-10-14-8-5-9-15(16(14)11-12)13-6-3-2-4-7-13;1-3-9-15(10-4-1)13-7-8-14-16-11-5-2-6-12-16;2*2-1-3;;/h2*2-11H,1H3;1-13H;2*1H,(H2,2,3);;/q;;;;;+2;/p-2. The zero-order valence-corrected chi connectivity index (χ0v) is 37.4. The Hall–Kier alpha value is -5.03. The van der Waals surface area contributed by atoms with Crippen molar-refractivity contribution in [3.8, 4) is 22.3 Å². The molecule has 56 heavy (non-hydrogen) atoms. The number of carbonyl (C=O) groups excluding carboxylic acids is 2. The summed E-state index contributed by atoms with van der Waals surface area (Å²) in [4.78, 5) is 26.0. The first-order valence-corrected chi connectivity index (χ1v) is 37.7. The summed E-state index contributed by atoms with van der Waals surface area (Å²) in [6.07, 6.45) is 13.2. The zero-order valence-electron chi connectivity index (χ0n) is 31.6. The van der Waals surface area contributed by atoms with Gasteiger partial charge < -0.3 is 0 Å². The van der Waals surface area contributed by atoms with Crippen LogP contribution in [0.3, 0.4) is 0 Å². The van der Waals surface area contributed by atoms with Crippen LogP contribution >= 0.6 is 0 Å². The molecule has 2 atom stereocenters. The van der Waals surface area contributed by atoms with E-state index >= 15 is 0 Å². The van der Waals surface area contributed by atoms with E-state index in [0.29, 0.717) is 0 Å². The molecule has 2 amide bonds. The minimum absolute atomic E-state index is 0.0138. The summed E-state index contributed by atoms with van der Waals surface area (Å²) < 4.78 is 8.31. The van der Waals surface area contributed by atoms with Gasteiger partial charge in [0.2, 0.25) is 0 Å². The third kappa shape index (κ3) is 6.99. The Morgan fingerprint density at radius 2 is 1.00 bits per heavy atom. The molecule has 2 aliphatic rings. The molecule has 2 N–H and O–H groups in total. The van der Waals surface area contributed by atoms with Crippen LogP contribution < -0.4 is 6.61 Å². The van der Waals surface area contributed by atoms with Crippen LogP contribution in [0.2, 0.25) is 0 Å². The number of nitrogens with one attached hydrogen (secondary N) is 2. The predicted molar refractivity (Wildman–Crippen MR) is 231 cm³/mol. The minimum atomic E-state index is -4.56. The molecule has 6 aromatic carbocycles. The number of rotatable bonds is 13. The number of hydrogen-bond acceptors (Lipinski definition) is 2. The number of fused-ring (bicyclic) bond motifs is 2. The van der Waals surface area contributed by atoms with Gasteiger partial charge in [0.05, 0.1) is 0 Å². The fourth-order valence-electron chi connectivity index (χ4n) is 9.47. The Morgan fingerprint density at radius 3 is 1.46 bits per heavy atom. The van der Waals surface area contributed by atoms with Crippen LogP contribution in [0.15, 0.2) is 181 Å². The third-order valence-corrected chi connectivity index (χ3v) is 66.6. The molecule has 0 aliphatic heterocycles. The van der Waals surface area contributed by atoms with E-state index in [1.165, 1.54) is 58.9 Å². The van der Waals surface area contributed by atoms with Crippen molar-refractivity contribution >= 4 is 51.6 Å². The Morgan fingerprint density at radius 1 is 0.554 bits per heavy atom. The van der Waals surface area contributed by atoms with E-state index in [2.05, 4.69) is 202 Å².